The fourth-order valence-electron chi connectivity index (χ4n) is 2.61. The van der Waals surface area contributed by atoms with Gasteiger partial charge in [0.05, 0.1) is 6.54 Å². The zero-order valence-corrected chi connectivity index (χ0v) is 12.6. The molecule has 0 bridgehead atoms. The Kier molecular flexibility index (Phi) is 3.68. The van der Waals surface area contributed by atoms with Crippen LogP contribution in [-0.4, -0.2) is 23.1 Å². The van der Waals surface area contributed by atoms with E-state index in [0.29, 0.717) is 0 Å². The number of halogens is 1. The maximum atomic E-state index is 6.41. The predicted octanol–water partition coefficient (Wildman–Crippen LogP) is 2.84. The van der Waals surface area contributed by atoms with Crippen molar-refractivity contribution in [2.45, 2.75) is 26.1 Å². The topological polar surface area (TPSA) is 33.1 Å². The molecule has 1 aromatic carbocycles. The lowest BCUT2D eigenvalue weighted by atomic mass is 10.1. The molecule has 1 unspecified atom stereocenters. The molecule has 2 heterocycles. The van der Waals surface area contributed by atoms with Crippen molar-refractivity contribution in [3.8, 4) is 0 Å². The lowest BCUT2D eigenvalue weighted by Crippen LogP contribution is -2.33. The first-order valence-corrected chi connectivity index (χ1v) is 7.28. The number of aromatic nitrogens is 2. The van der Waals surface area contributed by atoms with Gasteiger partial charge in [-0.3, -0.25) is 0 Å². The Morgan fingerprint density at radius 1 is 1.35 bits per heavy atom. The second-order valence-electron chi connectivity index (χ2n) is 5.17. The first-order chi connectivity index (χ1) is 9.69. The van der Waals surface area contributed by atoms with Gasteiger partial charge in [0.2, 0.25) is 0 Å². The molecule has 1 aromatic heterocycles. The summed E-state index contributed by atoms with van der Waals surface area (Å²) in [7, 11) is 1.94. The minimum Gasteiger partial charge on any atom is -0.362 e. The van der Waals surface area contributed by atoms with Crippen molar-refractivity contribution in [2.75, 3.05) is 18.5 Å². The molecule has 2 aromatic rings. The summed E-state index contributed by atoms with van der Waals surface area (Å²) >= 11 is 6.41. The second-order valence-corrected chi connectivity index (χ2v) is 5.58. The first-order valence-electron chi connectivity index (χ1n) is 6.90. The maximum absolute atomic E-state index is 6.41. The lowest BCUT2D eigenvalue weighted by Gasteiger charge is -2.30. The fraction of sp³-hybridized carbons (Fsp3) is 0.400. The maximum Gasteiger partial charge on any atom is 0.128 e. The van der Waals surface area contributed by atoms with Gasteiger partial charge in [0.25, 0.3) is 0 Å². The van der Waals surface area contributed by atoms with Crippen LogP contribution in [0.3, 0.4) is 0 Å². The molecule has 1 N–H and O–H groups in total. The summed E-state index contributed by atoms with van der Waals surface area (Å²) in [6.07, 6.45) is 3.90. The average molecular weight is 291 g/mol. The van der Waals surface area contributed by atoms with E-state index in [1.165, 1.54) is 0 Å². The molecule has 1 atom stereocenters. The molecule has 1 aliphatic heterocycles. The van der Waals surface area contributed by atoms with Crippen LogP contribution in [-0.2, 0) is 13.1 Å². The van der Waals surface area contributed by atoms with Crippen molar-refractivity contribution in [3.05, 3.63) is 47.0 Å². The van der Waals surface area contributed by atoms with Gasteiger partial charge in [-0.1, -0.05) is 17.7 Å². The van der Waals surface area contributed by atoms with Gasteiger partial charge < -0.3 is 14.8 Å². The van der Waals surface area contributed by atoms with E-state index in [0.717, 1.165) is 41.7 Å². The monoisotopic (exact) mass is 290 g/mol. The van der Waals surface area contributed by atoms with E-state index in [1.54, 1.807) is 0 Å². The van der Waals surface area contributed by atoms with Crippen LogP contribution in [0.1, 0.15) is 24.4 Å². The standard InChI is InChI=1S/C15H19ClN4/c1-11(17-2)13-4-3-12(9-14(13)16)20-8-7-19-6-5-18-15(19)10-20/h3-6,9,11,17H,7-8,10H2,1-2H3. The number of benzene rings is 1. The van der Waals surface area contributed by atoms with E-state index >= 15 is 0 Å². The second kappa shape index (κ2) is 5.46. The number of rotatable bonds is 3. The Labute approximate surface area is 124 Å². The van der Waals surface area contributed by atoms with E-state index in [-0.39, 0.29) is 6.04 Å². The van der Waals surface area contributed by atoms with Crippen molar-refractivity contribution in [1.29, 1.82) is 0 Å². The van der Waals surface area contributed by atoms with E-state index in [1.807, 2.05) is 19.4 Å². The van der Waals surface area contributed by atoms with E-state index < -0.39 is 0 Å². The largest absolute Gasteiger partial charge is 0.362 e. The zero-order valence-electron chi connectivity index (χ0n) is 11.8. The van der Waals surface area contributed by atoms with Gasteiger partial charge >= 0.3 is 0 Å². The van der Waals surface area contributed by atoms with Crippen LogP contribution >= 0.6 is 11.6 Å². The molecule has 3 rings (SSSR count). The fourth-order valence-corrected chi connectivity index (χ4v) is 2.95. The smallest absolute Gasteiger partial charge is 0.128 e. The highest BCUT2D eigenvalue weighted by Gasteiger charge is 2.18. The van der Waals surface area contributed by atoms with Crippen LogP contribution < -0.4 is 10.2 Å². The van der Waals surface area contributed by atoms with Crippen molar-refractivity contribution in [3.63, 3.8) is 0 Å². The van der Waals surface area contributed by atoms with Gasteiger partial charge in [-0.05, 0) is 31.7 Å². The Morgan fingerprint density at radius 2 is 2.20 bits per heavy atom. The SMILES string of the molecule is CNC(C)c1ccc(N2CCn3ccnc3C2)cc1Cl. The van der Waals surface area contributed by atoms with Crippen molar-refractivity contribution in [2.24, 2.45) is 0 Å². The highest BCUT2D eigenvalue weighted by molar-refractivity contribution is 6.31. The van der Waals surface area contributed by atoms with Gasteiger partial charge in [-0.2, -0.15) is 0 Å². The van der Waals surface area contributed by atoms with Gasteiger partial charge in [0, 0.05) is 42.2 Å². The van der Waals surface area contributed by atoms with Gasteiger partial charge in [0.15, 0.2) is 0 Å². The minimum atomic E-state index is 0.261. The van der Waals surface area contributed by atoms with E-state index in [4.69, 9.17) is 11.6 Å². The van der Waals surface area contributed by atoms with Gasteiger partial charge in [0.1, 0.15) is 5.82 Å². The minimum absolute atomic E-state index is 0.261. The summed E-state index contributed by atoms with van der Waals surface area (Å²) in [6.45, 7) is 4.91. The molecule has 20 heavy (non-hydrogen) atoms. The Bertz CT molecular complexity index is 608. The van der Waals surface area contributed by atoms with Crippen LogP contribution in [0.2, 0.25) is 5.02 Å². The van der Waals surface area contributed by atoms with Gasteiger partial charge in [-0.25, -0.2) is 4.98 Å². The third kappa shape index (κ3) is 2.41. The number of imidazole rings is 1. The zero-order chi connectivity index (χ0) is 14.1. The third-order valence-electron chi connectivity index (χ3n) is 3.99. The normalized spacial score (nSPS) is 16.1. The molecule has 0 amide bonds. The number of nitrogens with one attached hydrogen (secondary N) is 1. The third-order valence-corrected chi connectivity index (χ3v) is 4.32. The molecule has 5 heteroatoms. The summed E-state index contributed by atoms with van der Waals surface area (Å²) in [5.41, 5.74) is 2.30. The van der Waals surface area contributed by atoms with E-state index in [2.05, 4.69) is 44.9 Å². The number of hydrogen-bond acceptors (Lipinski definition) is 3. The number of fused-ring (bicyclic) bond motifs is 1. The highest BCUT2D eigenvalue weighted by Crippen LogP contribution is 2.29. The summed E-state index contributed by atoms with van der Waals surface area (Å²) < 4.78 is 2.20. The molecule has 1 aliphatic rings. The number of nitrogens with zero attached hydrogens (tertiary/aromatic N) is 3. The van der Waals surface area contributed by atoms with Gasteiger partial charge in [-0.15, -0.1) is 0 Å². The molecule has 0 spiro atoms. The Hall–Kier alpha value is -1.52. The molecular formula is C15H19ClN4. The van der Waals surface area contributed by atoms with Crippen molar-refractivity contribution in [1.82, 2.24) is 14.9 Å². The molecule has 0 saturated heterocycles. The van der Waals surface area contributed by atoms with Crippen LogP contribution in [0.15, 0.2) is 30.6 Å². The highest BCUT2D eigenvalue weighted by atomic mass is 35.5. The molecule has 0 radical (unpaired) electrons. The van der Waals surface area contributed by atoms with E-state index in [9.17, 15) is 0 Å². The van der Waals surface area contributed by atoms with Crippen LogP contribution in [0.4, 0.5) is 5.69 Å². The summed E-state index contributed by atoms with van der Waals surface area (Å²) in [5, 5.41) is 4.04. The van der Waals surface area contributed by atoms with Crippen molar-refractivity contribution < 1.29 is 0 Å². The van der Waals surface area contributed by atoms with Crippen LogP contribution in [0.5, 0.6) is 0 Å². The quantitative estimate of drug-likeness (QED) is 0.944. The number of hydrogen-bond donors (Lipinski definition) is 1. The summed E-state index contributed by atoms with van der Waals surface area (Å²) in [4.78, 5) is 6.71. The summed E-state index contributed by atoms with van der Waals surface area (Å²) in [6, 6.07) is 6.58. The molecule has 0 saturated carbocycles. The Balaban J connectivity index is 1.84. The molecule has 4 nitrogen and oxygen atoms in total. The lowest BCUT2D eigenvalue weighted by molar-refractivity contribution is 0.560. The molecular weight excluding hydrogens is 272 g/mol. The van der Waals surface area contributed by atoms with Crippen LogP contribution in [0.25, 0.3) is 0 Å². The summed E-state index contributed by atoms with van der Waals surface area (Å²) in [5.74, 6) is 1.11. The van der Waals surface area contributed by atoms with Crippen LogP contribution in [0, 0.1) is 0 Å². The Morgan fingerprint density at radius 3 is 2.95 bits per heavy atom. The first kappa shape index (κ1) is 13.5. The molecule has 106 valence electrons. The molecule has 0 aliphatic carbocycles. The predicted molar refractivity (Wildman–Crippen MR) is 82.2 cm³/mol. The molecule has 0 fully saturated rings. The average Bonchev–Trinajstić information content (AvgIpc) is 2.93. The number of anilines is 1. The van der Waals surface area contributed by atoms with Crippen molar-refractivity contribution >= 4 is 17.3 Å².